The van der Waals surface area contributed by atoms with Crippen molar-refractivity contribution in [3.8, 4) is 11.3 Å². The van der Waals surface area contributed by atoms with Crippen LogP contribution in [0.25, 0.3) is 11.3 Å². The van der Waals surface area contributed by atoms with Gasteiger partial charge in [0.2, 0.25) is 0 Å². The van der Waals surface area contributed by atoms with Crippen molar-refractivity contribution in [3.63, 3.8) is 0 Å². The van der Waals surface area contributed by atoms with E-state index in [2.05, 4.69) is 14.7 Å². The van der Waals surface area contributed by atoms with Crippen molar-refractivity contribution in [2.75, 3.05) is 17.6 Å². The third-order valence-corrected chi connectivity index (χ3v) is 6.08. The molecule has 2 aromatic rings. The van der Waals surface area contributed by atoms with Gasteiger partial charge >= 0.3 is 0 Å². The fraction of sp³-hybridized carbons (Fsp3) is 0.167. The van der Waals surface area contributed by atoms with E-state index in [4.69, 9.17) is 0 Å². The highest BCUT2D eigenvalue weighted by atomic mass is 32.2. The van der Waals surface area contributed by atoms with Gasteiger partial charge in [-0.15, -0.1) is 15.7 Å². The average molecular weight is 400 g/mol. The number of carbonyl (C=O) groups is 1. The van der Waals surface area contributed by atoms with E-state index in [1.54, 1.807) is 23.3 Å². The molecule has 27 heavy (non-hydrogen) atoms. The van der Waals surface area contributed by atoms with E-state index >= 15 is 0 Å². The van der Waals surface area contributed by atoms with E-state index in [0.29, 0.717) is 5.13 Å². The molecule has 9 heteroatoms. The molecular weight excluding hydrogens is 384 g/mol. The summed E-state index contributed by atoms with van der Waals surface area (Å²) < 4.78 is 27.4. The van der Waals surface area contributed by atoms with Crippen molar-refractivity contribution in [3.05, 3.63) is 59.1 Å². The first-order valence-electron chi connectivity index (χ1n) is 8.23. The van der Waals surface area contributed by atoms with E-state index in [1.165, 1.54) is 11.3 Å². The first-order valence-corrected chi connectivity index (χ1v) is 10.7. The first-order chi connectivity index (χ1) is 12.9. The Balaban J connectivity index is 1.56. The monoisotopic (exact) mass is 400 g/mol. The number of amides is 1. The van der Waals surface area contributed by atoms with Gasteiger partial charge in [0.1, 0.15) is 0 Å². The highest BCUT2D eigenvalue weighted by molar-refractivity contribution is 7.90. The topological polar surface area (TPSA) is 91.7 Å². The highest BCUT2D eigenvalue weighted by Gasteiger charge is 2.30. The van der Waals surface area contributed by atoms with Crippen molar-refractivity contribution in [1.82, 2.24) is 9.88 Å². The zero-order chi connectivity index (χ0) is 19.0. The Morgan fingerprint density at radius 1 is 1.26 bits per heavy atom. The molecule has 0 fully saturated rings. The zero-order valence-electron chi connectivity index (χ0n) is 14.4. The number of rotatable bonds is 3. The molecule has 0 radical (unpaired) electrons. The molecule has 138 valence electrons. The number of nitrogens with one attached hydrogen (secondary N) is 1. The lowest BCUT2D eigenvalue weighted by molar-refractivity contribution is -0.112. The average Bonchev–Trinajstić information content (AvgIpc) is 3.09. The standard InChI is InChI=1S/C18H16N4O3S2/c1-12-4-6-13(7-5-12)15-11-26-18(19-15)20-17(23)14-3-2-8-22-9-10-27(24,25)21-16(14)22/h2-8,11H,9-10H2,1H3,(H,19,20,23). The number of benzene rings is 1. The van der Waals surface area contributed by atoms with Gasteiger partial charge in [0, 0.05) is 23.7 Å². The van der Waals surface area contributed by atoms with Gasteiger partial charge in [-0.1, -0.05) is 29.8 Å². The molecule has 2 aliphatic heterocycles. The van der Waals surface area contributed by atoms with Gasteiger partial charge in [-0.05, 0) is 19.1 Å². The summed E-state index contributed by atoms with van der Waals surface area (Å²) in [5.41, 5.74) is 3.10. The third-order valence-electron chi connectivity index (χ3n) is 4.17. The van der Waals surface area contributed by atoms with Crippen LogP contribution in [-0.4, -0.2) is 42.3 Å². The quantitative estimate of drug-likeness (QED) is 0.855. The van der Waals surface area contributed by atoms with E-state index < -0.39 is 15.9 Å². The maximum absolute atomic E-state index is 12.7. The first kappa shape index (κ1) is 17.6. The number of aromatic nitrogens is 1. The molecule has 1 aromatic heterocycles. The summed E-state index contributed by atoms with van der Waals surface area (Å²) >= 11 is 1.31. The van der Waals surface area contributed by atoms with Gasteiger partial charge in [-0.25, -0.2) is 13.4 Å². The second-order valence-corrected chi connectivity index (χ2v) is 8.79. The van der Waals surface area contributed by atoms with Gasteiger partial charge in [0.25, 0.3) is 15.9 Å². The largest absolute Gasteiger partial charge is 0.331 e. The van der Waals surface area contributed by atoms with Crippen LogP contribution in [0.2, 0.25) is 0 Å². The molecule has 1 aromatic carbocycles. The number of thiazole rings is 1. The number of aryl methyl sites for hydroxylation is 1. The second-order valence-electron chi connectivity index (χ2n) is 6.17. The summed E-state index contributed by atoms with van der Waals surface area (Å²) in [6, 6.07) is 7.96. The Bertz CT molecular complexity index is 1100. The van der Waals surface area contributed by atoms with Gasteiger partial charge in [0.15, 0.2) is 11.0 Å². The van der Waals surface area contributed by atoms with Crippen LogP contribution in [0.1, 0.15) is 5.56 Å². The van der Waals surface area contributed by atoms with Gasteiger partial charge < -0.3 is 4.90 Å². The van der Waals surface area contributed by atoms with Crippen molar-refractivity contribution >= 4 is 38.2 Å². The number of allylic oxidation sites excluding steroid dienone is 2. The predicted molar refractivity (Wildman–Crippen MR) is 106 cm³/mol. The molecule has 0 saturated carbocycles. The van der Waals surface area contributed by atoms with E-state index in [-0.39, 0.29) is 23.7 Å². The number of amidine groups is 1. The Morgan fingerprint density at radius 2 is 2.04 bits per heavy atom. The molecule has 4 rings (SSSR count). The summed E-state index contributed by atoms with van der Waals surface area (Å²) in [6.45, 7) is 2.29. The summed E-state index contributed by atoms with van der Waals surface area (Å²) in [5, 5.41) is 5.04. The molecule has 2 aliphatic rings. The Kier molecular flexibility index (Phi) is 4.40. The van der Waals surface area contributed by atoms with Crippen LogP contribution in [0, 0.1) is 6.92 Å². The second kappa shape index (κ2) is 6.75. The van der Waals surface area contributed by atoms with Gasteiger partial charge in [-0.2, -0.15) is 0 Å². The smallest absolute Gasteiger partial charge is 0.261 e. The van der Waals surface area contributed by atoms with Crippen LogP contribution in [0.4, 0.5) is 5.13 Å². The van der Waals surface area contributed by atoms with E-state index in [1.807, 2.05) is 36.6 Å². The zero-order valence-corrected chi connectivity index (χ0v) is 16.0. The lowest BCUT2D eigenvalue weighted by Crippen LogP contribution is -2.40. The van der Waals surface area contributed by atoms with Crippen LogP contribution in [0.3, 0.4) is 0 Å². The maximum Gasteiger partial charge on any atom is 0.261 e. The molecular formula is C18H16N4O3S2. The van der Waals surface area contributed by atoms with Crippen molar-refractivity contribution in [2.24, 2.45) is 4.40 Å². The Hall–Kier alpha value is -2.78. The van der Waals surface area contributed by atoms with Crippen molar-refractivity contribution in [2.45, 2.75) is 6.92 Å². The molecule has 7 nitrogen and oxygen atoms in total. The minimum atomic E-state index is -3.55. The number of carbonyl (C=O) groups excluding carboxylic acids is 1. The van der Waals surface area contributed by atoms with Gasteiger partial charge in [0.05, 0.1) is 17.0 Å². The minimum absolute atomic E-state index is 0.0673. The molecule has 1 N–H and O–H groups in total. The van der Waals surface area contributed by atoms with Crippen molar-refractivity contribution < 1.29 is 13.2 Å². The third kappa shape index (κ3) is 3.69. The summed E-state index contributed by atoms with van der Waals surface area (Å²) in [4.78, 5) is 18.8. The summed E-state index contributed by atoms with van der Waals surface area (Å²) in [7, 11) is -3.55. The number of nitrogens with zero attached hydrogens (tertiary/aromatic N) is 3. The number of anilines is 1. The lowest BCUT2D eigenvalue weighted by atomic mass is 10.1. The summed E-state index contributed by atoms with van der Waals surface area (Å²) in [5.74, 6) is -0.358. The number of hydrogen-bond acceptors (Lipinski definition) is 6. The Morgan fingerprint density at radius 3 is 2.81 bits per heavy atom. The fourth-order valence-corrected chi connectivity index (χ4v) is 4.45. The number of hydrogen-bond donors (Lipinski definition) is 1. The molecule has 0 saturated heterocycles. The van der Waals surface area contributed by atoms with E-state index in [0.717, 1.165) is 16.8 Å². The van der Waals surface area contributed by atoms with E-state index in [9.17, 15) is 13.2 Å². The molecule has 1 amide bonds. The molecule has 3 heterocycles. The van der Waals surface area contributed by atoms with Crippen LogP contribution < -0.4 is 5.32 Å². The molecule has 0 spiro atoms. The predicted octanol–water partition coefficient (Wildman–Crippen LogP) is 2.55. The van der Waals surface area contributed by atoms with Crippen LogP contribution in [-0.2, 0) is 14.8 Å². The Labute approximate surface area is 160 Å². The highest BCUT2D eigenvalue weighted by Crippen LogP contribution is 2.26. The number of fused-ring (bicyclic) bond motifs is 1. The summed E-state index contributed by atoms with van der Waals surface area (Å²) in [6.07, 6.45) is 4.97. The van der Waals surface area contributed by atoms with Crippen LogP contribution >= 0.6 is 11.3 Å². The normalized spacial score (nSPS) is 17.7. The minimum Gasteiger partial charge on any atom is -0.331 e. The molecule has 0 unspecified atom stereocenters. The lowest BCUT2D eigenvalue weighted by Gasteiger charge is -2.28. The molecule has 0 bridgehead atoms. The number of sulfonamides is 1. The SMILES string of the molecule is Cc1ccc(-c2csc(NC(=O)C3=CC=CN4CCS(=O)(=O)N=C34)n2)cc1. The van der Waals surface area contributed by atoms with Gasteiger partial charge in [-0.3, -0.25) is 10.1 Å². The van der Waals surface area contributed by atoms with Crippen LogP contribution in [0.5, 0.6) is 0 Å². The molecule has 0 atom stereocenters. The molecule has 0 aliphatic carbocycles. The maximum atomic E-state index is 12.7. The van der Waals surface area contributed by atoms with Crippen LogP contribution in [0.15, 0.2) is 58.0 Å². The van der Waals surface area contributed by atoms with Crippen molar-refractivity contribution in [1.29, 1.82) is 0 Å². The fourth-order valence-electron chi connectivity index (χ4n) is 2.75.